The van der Waals surface area contributed by atoms with Crippen molar-refractivity contribution < 1.29 is 14.7 Å². The molecule has 1 heterocycles. The SMILES string of the molecule is CC(C)CC(NC(=O)c1cc(Cl)cn1C(C)C)C(=O)O. The maximum atomic E-state index is 12.2. The predicted octanol–water partition coefficient (Wildman–Crippen LogP) is 2.95. The number of aromatic nitrogens is 1. The van der Waals surface area contributed by atoms with Crippen LogP contribution in [0.4, 0.5) is 0 Å². The van der Waals surface area contributed by atoms with Crippen LogP contribution in [0.1, 0.15) is 50.6 Å². The van der Waals surface area contributed by atoms with E-state index in [4.69, 9.17) is 16.7 Å². The summed E-state index contributed by atoms with van der Waals surface area (Å²) in [5.41, 5.74) is 0.375. The maximum absolute atomic E-state index is 12.2. The lowest BCUT2D eigenvalue weighted by molar-refractivity contribution is -0.139. The van der Waals surface area contributed by atoms with E-state index in [1.807, 2.05) is 27.7 Å². The number of nitrogens with zero attached hydrogens (tertiary/aromatic N) is 1. The van der Waals surface area contributed by atoms with E-state index in [9.17, 15) is 9.59 Å². The third-order valence-electron chi connectivity index (χ3n) is 2.91. The van der Waals surface area contributed by atoms with Crippen LogP contribution in [-0.2, 0) is 4.79 Å². The number of rotatable bonds is 6. The average molecular weight is 301 g/mol. The van der Waals surface area contributed by atoms with E-state index in [2.05, 4.69) is 5.32 Å². The highest BCUT2D eigenvalue weighted by atomic mass is 35.5. The molecule has 1 atom stereocenters. The van der Waals surface area contributed by atoms with Gasteiger partial charge in [0.25, 0.3) is 5.91 Å². The summed E-state index contributed by atoms with van der Waals surface area (Å²) < 4.78 is 1.73. The van der Waals surface area contributed by atoms with Gasteiger partial charge >= 0.3 is 5.97 Å². The first kappa shape index (κ1) is 16.6. The summed E-state index contributed by atoms with van der Waals surface area (Å²) in [6.07, 6.45) is 2.05. The van der Waals surface area contributed by atoms with Crippen LogP contribution < -0.4 is 5.32 Å². The van der Waals surface area contributed by atoms with Crippen LogP contribution >= 0.6 is 11.6 Å². The summed E-state index contributed by atoms with van der Waals surface area (Å²) in [7, 11) is 0. The molecule has 5 nitrogen and oxygen atoms in total. The first-order valence-corrected chi connectivity index (χ1v) is 7.01. The number of nitrogens with one attached hydrogen (secondary N) is 1. The molecule has 0 aliphatic heterocycles. The number of carbonyl (C=O) groups excluding carboxylic acids is 1. The van der Waals surface area contributed by atoms with E-state index in [1.54, 1.807) is 16.8 Å². The monoisotopic (exact) mass is 300 g/mol. The van der Waals surface area contributed by atoms with E-state index in [0.717, 1.165) is 0 Å². The highest BCUT2D eigenvalue weighted by molar-refractivity contribution is 6.31. The lowest BCUT2D eigenvalue weighted by Gasteiger charge is -2.18. The highest BCUT2D eigenvalue weighted by Gasteiger charge is 2.24. The fourth-order valence-electron chi connectivity index (χ4n) is 1.98. The van der Waals surface area contributed by atoms with Crippen LogP contribution in [0.2, 0.25) is 5.02 Å². The van der Waals surface area contributed by atoms with Gasteiger partial charge in [-0.3, -0.25) is 4.79 Å². The molecule has 2 N–H and O–H groups in total. The Morgan fingerprint density at radius 1 is 1.35 bits per heavy atom. The van der Waals surface area contributed by atoms with E-state index in [-0.39, 0.29) is 12.0 Å². The van der Waals surface area contributed by atoms with Gasteiger partial charge in [0.15, 0.2) is 0 Å². The third kappa shape index (κ3) is 4.27. The minimum absolute atomic E-state index is 0.0663. The minimum atomic E-state index is -1.03. The molecule has 6 heteroatoms. The lowest BCUT2D eigenvalue weighted by atomic mass is 10.0. The van der Waals surface area contributed by atoms with Gasteiger partial charge in [-0.05, 0) is 32.3 Å². The normalized spacial score (nSPS) is 12.8. The first-order chi connectivity index (χ1) is 9.22. The predicted molar refractivity (Wildman–Crippen MR) is 78.2 cm³/mol. The fourth-order valence-corrected chi connectivity index (χ4v) is 2.19. The van der Waals surface area contributed by atoms with Crippen LogP contribution in [0.25, 0.3) is 0 Å². The van der Waals surface area contributed by atoms with Gasteiger partial charge in [-0.15, -0.1) is 0 Å². The number of carboxylic acids is 1. The number of hydrogen-bond donors (Lipinski definition) is 2. The Morgan fingerprint density at radius 3 is 2.40 bits per heavy atom. The second-order valence-corrected chi connectivity index (χ2v) is 5.97. The molecular formula is C14H21ClN2O3. The van der Waals surface area contributed by atoms with E-state index < -0.39 is 17.9 Å². The molecule has 0 aliphatic carbocycles. The standard InChI is InChI=1S/C14H21ClN2O3/c1-8(2)5-11(14(19)20)16-13(18)12-6-10(15)7-17(12)9(3)4/h6-9,11H,5H2,1-4H3,(H,16,18)(H,19,20). The molecule has 0 radical (unpaired) electrons. The Morgan fingerprint density at radius 2 is 1.95 bits per heavy atom. The number of hydrogen-bond acceptors (Lipinski definition) is 2. The second kappa shape index (κ2) is 6.79. The molecule has 0 aromatic carbocycles. The quantitative estimate of drug-likeness (QED) is 0.848. The molecule has 1 amide bonds. The molecular weight excluding hydrogens is 280 g/mol. The zero-order valence-corrected chi connectivity index (χ0v) is 12.9. The van der Waals surface area contributed by atoms with Crippen molar-refractivity contribution in [3.8, 4) is 0 Å². The van der Waals surface area contributed by atoms with Gasteiger partial charge in [-0.25, -0.2) is 4.79 Å². The molecule has 20 heavy (non-hydrogen) atoms. The minimum Gasteiger partial charge on any atom is -0.480 e. The lowest BCUT2D eigenvalue weighted by Crippen LogP contribution is -2.42. The van der Waals surface area contributed by atoms with Crippen molar-refractivity contribution in [1.29, 1.82) is 0 Å². The Bertz CT molecular complexity index is 495. The molecule has 0 saturated heterocycles. The topological polar surface area (TPSA) is 71.3 Å². The van der Waals surface area contributed by atoms with E-state index in [1.165, 1.54) is 0 Å². The Hall–Kier alpha value is -1.49. The smallest absolute Gasteiger partial charge is 0.326 e. The van der Waals surface area contributed by atoms with Crippen molar-refractivity contribution in [1.82, 2.24) is 9.88 Å². The van der Waals surface area contributed by atoms with Crippen LogP contribution in [0.3, 0.4) is 0 Å². The molecule has 1 aromatic heterocycles. The summed E-state index contributed by atoms with van der Waals surface area (Å²) in [6, 6.07) is 0.721. The number of carboxylic acid groups (broad SMARTS) is 1. The highest BCUT2D eigenvalue weighted by Crippen LogP contribution is 2.19. The summed E-state index contributed by atoms with van der Waals surface area (Å²) in [5, 5.41) is 12.2. The zero-order valence-electron chi connectivity index (χ0n) is 12.2. The maximum Gasteiger partial charge on any atom is 0.326 e. The van der Waals surface area contributed by atoms with Crippen LogP contribution in [0.5, 0.6) is 0 Å². The van der Waals surface area contributed by atoms with Crippen molar-refractivity contribution in [2.24, 2.45) is 5.92 Å². The van der Waals surface area contributed by atoms with Crippen LogP contribution in [0.15, 0.2) is 12.3 Å². The van der Waals surface area contributed by atoms with Crippen LogP contribution in [-0.4, -0.2) is 27.6 Å². The number of carbonyl (C=O) groups is 2. The van der Waals surface area contributed by atoms with Crippen molar-refractivity contribution >= 4 is 23.5 Å². The largest absolute Gasteiger partial charge is 0.480 e. The fraction of sp³-hybridized carbons (Fsp3) is 0.571. The number of amides is 1. The van der Waals surface area contributed by atoms with Crippen molar-refractivity contribution in [3.05, 3.63) is 23.0 Å². The molecule has 0 spiro atoms. The molecule has 0 fully saturated rings. The van der Waals surface area contributed by atoms with Crippen molar-refractivity contribution in [2.75, 3.05) is 0 Å². The first-order valence-electron chi connectivity index (χ1n) is 6.63. The molecule has 0 bridgehead atoms. The molecule has 1 rings (SSSR count). The molecule has 1 unspecified atom stereocenters. The summed E-state index contributed by atoms with van der Waals surface area (Å²) >= 11 is 5.92. The van der Waals surface area contributed by atoms with Crippen molar-refractivity contribution in [2.45, 2.75) is 46.2 Å². The van der Waals surface area contributed by atoms with Gasteiger partial charge in [0.05, 0.1) is 5.02 Å². The Labute approximate surface area is 123 Å². The summed E-state index contributed by atoms with van der Waals surface area (Å²) in [4.78, 5) is 23.4. The van der Waals surface area contributed by atoms with Gasteiger partial charge in [-0.2, -0.15) is 0 Å². The van der Waals surface area contributed by atoms with Gasteiger partial charge in [-0.1, -0.05) is 25.4 Å². The summed E-state index contributed by atoms with van der Waals surface area (Å²) in [5.74, 6) is -1.27. The Balaban J connectivity index is 2.92. The number of aliphatic carboxylic acids is 1. The second-order valence-electron chi connectivity index (χ2n) is 5.54. The van der Waals surface area contributed by atoms with Gasteiger partial charge in [0.1, 0.15) is 11.7 Å². The van der Waals surface area contributed by atoms with Crippen LogP contribution in [0, 0.1) is 5.92 Å². The average Bonchev–Trinajstić information content (AvgIpc) is 2.69. The number of halogens is 1. The molecule has 1 aromatic rings. The zero-order chi connectivity index (χ0) is 15.4. The van der Waals surface area contributed by atoms with Gasteiger partial charge in [0, 0.05) is 12.2 Å². The van der Waals surface area contributed by atoms with Gasteiger partial charge < -0.3 is 15.0 Å². The molecule has 0 aliphatic rings. The van der Waals surface area contributed by atoms with Gasteiger partial charge in [0.2, 0.25) is 0 Å². The molecule has 0 saturated carbocycles. The van der Waals surface area contributed by atoms with E-state index in [0.29, 0.717) is 17.1 Å². The Kier molecular flexibility index (Phi) is 5.62. The van der Waals surface area contributed by atoms with Crippen molar-refractivity contribution in [3.63, 3.8) is 0 Å². The summed E-state index contributed by atoms with van der Waals surface area (Å²) in [6.45, 7) is 7.68. The van der Waals surface area contributed by atoms with E-state index >= 15 is 0 Å². The third-order valence-corrected chi connectivity index (χ3v) is 3.12. The molecule has 112 valence electrons.